The number of aliphatic hydroxyl groups excluding tert-OH is 1. The minimum Gasteiger partial charge on any atom is -0.480 e. The summed E-state index contributed by atoms with van der Waals surface area (Å²) in [6, 6.07) is -1.03. The lowest BCUT2D eigenvalue weighted by Crippen LogP contribution is -2.45. The Labute approximate surface area is 100 Å². The molecule has 1 fully saturated rings. The fourth-order valence-corrected chi connectivity index (χ4v) is 1.84. The van der Waals surface area contributed by atoms with Gasteiger partial charge in [-0.05, 0) is 20.8 Å². The van der Waals surface area contributed by atoms with Gasteiger partial charge in [-0.25, -0.2) is 9.59 Å². The largest absolute Gasteiger partial charge is 0.480 e. The summed E-state index contributed by atoms with van der Waals surface area (Å²) < 4.78 is 5.11. The number of hydrogen-bond donors (Lipinski definition) is 2. The fraction of sp³-hybridized carbons (Fsp3) is 0.818. The van der Waals surface area contributed by atoms with E-state index in [9.17, 15) is 14.7 Å². The Balaban J connectivity index is 2.82. The van der Waals surface area contributed by atoms with Gasteiger partial charge in [0.05, 0.1) is 12.6 Å². The van der Waals surface area contributed by atoms with Gasteiger partial charge in [0.1, 0.15) is 11.6 Å². The molecule has 0 spiro atoms. The number of amides is 1. The molecule has 0 aromatic rings. The van der Waals surface area contributed by atoms with Crippen LogP contribution >= 0.6 is 0 Å². The lowest BCUT2D eigenvalue weighted by atomic mass is 10.0. The molecule has 0 aromatic heterocycles. The van der Waals surface area contributed by atoms with E-state index in [2.05, 4.69) is 0 Å². The van der Waals surface area contributed by atoms with Crippen molar-refractivity contribution in [3.63, 3.8) is 0 Å². The summed E-state index contributed by atoms with van der Waals surface area (Å²) in [5, 5.41) is 18.7. The van der Waals surface area contributed by atoms with E-state index < -0.39 is 35.7 Å². The normalized spacial score (nSPS) is 29.2. The molecule has 0 bridgehead atoms. The molecule has 3 atom stereocenters. The maximum Gasteiger partial charge on any atom is 0.411 e. The highest BCUT2D eigenvalue weighted by atomic mass is 16.6. The second kappa shape index (κ2) is 4.52. The SMILES string of the molecule is C[C@@H]1[C@@H](C(=O)O)N(C(=O)OC(C)(C)C)C[C@@H]1O. The van der Waals surface area contributed by atoms with Crippen LogP contribution in [-0.2, 0) is 9.53 Å². The van der Waals surface area contributed by atoms with Gasteiger partial charge in [0.25, 0.3) is 0 Å². The number of aliphatic carboxylic acids is 1. The number of likely N-dealkylation sites (tertiary alicyclic amines) is 1. The molecule has 0 aromatic carbocycles. The second-order valence-electron chi connectivity index (χ2n) is 5.34. The summed E-state index contributed by atoms with van der Waals surface area (Å²) in [4.78, 5) is 23.9. The summed E-state index contributed by atoms with van der Waals surface area (Å²) in [5.41, 5.74) is -0.684. The summed E-state index contributed by atoms with van der Waals surface area (Å²) in [7, 11) is 0. The lowest BCUT2D eigenvalue weighted by molar-refractivity contribution is -0.143. The first-order chi connectivity index (χ1) is 7.63. The lowest BCUT2D eigenvalue weighted by Gasteiger charge is -2.27. The van der Waals surface area contributed by atoms with Crippen LogP contribution in [0.5, 0.6) is 0 Å². The number of aliphatic hydroxyl groups is 1. The molecule has 0 aliphatic carbocycles. The number of rotatable bonds is 1. The van der Waals surface area contributed by atoms with Crippen LogP contribution in [-0.4, -0.2) is 51.5 Å². The highest BCUT2D eigenvalue weighted by Crippen LogP contribution is 2.26. The van der Waals surface area contributed by atoms with Crippen molar-refractivity contribution in [3.05, 3.63) is 0 Å². The minimum atomic E-state index is -1.13. The molecule has 0 unspecified atom stereocenters. The van der Waals surface area contributed by atoms with Crippen molar-refractivity contribution < 1.29 is 24.5 Å². The molecule has 0 saturated carbocycles. The van der Waals surface area contributed by atoms with Crippen molar-refractivity contribution in [2.75, 3.05) is 6.54 Å². The van der Waals surface area contributed by atoms with Crippen molar-refractivity contribution in [1.29, 1.82) is 0 Å². The van der Waals surface area contributed by atoms with E-state index in [0.29, 0.717) is 0 Å². The minimum absolute atomic E-state index is 0.00690. The molecule has 1 aliphatic rings. The Morgan fingerprint density at radius 1 is 1.35 bits per heavy atom. The molecular formula is C11H19NO5. The first kappa shape index (κ1) is 13.8. The smallest absolute Gasteiger partial charge is 0.411 e. The van der Waals surface area contributed by atoms with E-state index >= 15 is 0 Å². The number of carboxylic acid groups (broad SMARTS) is 1. The van der Waals surface area contributed by atoms with E-state index in [-0.39, 0.29) is 6.54 Å². The molecule has 1 saturated heterocycles. The molecule has 2 N–H and O–H groups in total. The first-order valence-electron chi connectivity index (χ1n) is 5.54. The first-order valence-corrected chi connectivity index (χ1v) is 5.54. The fourth-order valence-electron chi connectivity index (χ4n) is 1.84. The highest BCUT2D eigenvalue weighted by molar-refractivity contribution is 5.81. The maximum atomic E-state index is 11.8. The number of carbonyl (C=O) groups is 2. The molecule has 1 amide bonds. The van der Waals surface area contributed by atoms with Crippen LogP contribution in [0.4, 0.5) is 4.79 Å². The van der Waals surface area contributed by atoms with E-state index in [1.807, 2.05) is 0 Å². The predicted octanol–water partition coefficient (Wildman–Crippen LogP) is 0.687. The third kappa shape index (κ3) is 3.09. The number of ether oxygens (including phenoxy) is 1. The number of β-amino-alcohol motifs (C(OH)–C–C–N with tert-alkyl or cyclic N) is 1. The van der Waals surface area contributed by atoms with Gasteiger partial charge in [0.2, 0.25) is 0 Å². The zero-order valence-corrected chi connectivity index (χ0v) is 10.5. The number of carboxylic acids is 1. The van der Waals surface area contributed by atoms with Gasteiger partial charge in [-0.1, -0.05) is 6.92 Å². The van der Waals surface area contributed by atoms with Crippen molar-refractivity contribution in [3.8, 4) is 0 Å². The van der Waals surface area contributed by atoms with Gasteiger partial charge >= 0.3 is 12.1 Å². The quantitative estimate of drug-likeness (QED) is 0.709. The molecule has 6 heteroatoms. The van der Waals surface area contributed by atoms with Crippen LogP contribution in [0.2, 0.25) is 0 Å². The number of hydrogen-bond acceptors (Lipinski definition) is 4. The standard InChI is InChI=1S/C11H19NO5/c1-6-7(13)5-12(8(6)9(14)15)10(16)17-11(2,3)4/h6-8,13H,5H2,1-4H3,(H,14,15)/t6-,7-,8-/m0/s1. The Kier molecular flexibility index (Phi) is 3.66. The summed E-state index contributed by atoms with van der Waals surface area (Å²) in [6.45, 7) is 6.71. The zero-order valence-electron chi connectivity index (χ0n) is 10.5. The third-order valence-corrected chi connectivity index (χ3v) is 2.71. The molecule has 1 heterocycles. The van der Waals surface area contributed by atoms with E-state index in [4.69, 9.17) is 9.84 Å². The van der Waals surface area contributed by atoms with Gasteiger partial charge in [0.15, 0.2) is 0 Å². The van der Waals surface area contributed by atoms with Crippen LogP contribution in [0.3, 0.4) is 0 Å². The van der Waals surface area contributed by atoms with Crippen LogP contribution < -0.4 is 0 Å². The highest BCUT2D eigenvalue weighted by Gasteiger charge is 2.46. The maximum absolute atomic E-state index is 11.8. The molecule has 17 heavy (non-hydrogen) atoms. The monoisotopic (exact) mass is 245 g/mol. The van der Waals surface area contributed by atoms with Crippen molar-refractivity contribution in [2.24, 2.45) is 5.92 Å². The van der Waals surface area contributed by atoms with Crippen LogP contribution in [0.1, 0.15) is 27.7 Å². The Bertz CT molecular complexity index is 322. The molecule has 0 radical (unpaired) electrons. The van der Waals surface area contributed by atoms with Crippen LogP contribution in [0.25, 0.3) is 0 Å². The van der Waals surface area contributed by atoms with Crippen LogP contribution in [0, 0.1) is 5.92 Å². The zero-order chi connectivity index (χ0) is 13.4. The van der Waals surface area contributed by atoms with Crippen LogP contribution in [0.15, 0.2) is 0 Å². The van der Waals surface area contributed by atoms with Gasteiger partial charge in [0, 0.05) is 5.92 Å². The molecular weight excluding hydrogens is 226 g/mol. The summed E-state index contributed by atoms with van der Waals surface area (Å²) >= 11 is 0. The third-order valence-electron chi connectivity index (χ3n) is 2.71. The molecule has 6 nitrogen and oxygen atoms in total. The van der Waals surface area contributed by atoms with E-state index in [0.717, 1.165) is 4.90 Å². The Hall–Kier alpha value is -1.30. The van der Waals surface area contributed by atoms with Crippen molar-refractivity contribution in [1.82, 2.24) is 4.90 Å². The second-order valence-corrected chi connectivity index (χ2v) is 5.34. The van der Waals surface area contributed by atoms with Gasteiger partial charge in [-0.15, -0.1) is 0 Å². The summed E-state index contributed by atoms with van der Waals surface area (Å²) in [5.74, 6) is -1.63. The Morgan fingerprint density at radius 3 is 2.29 bits per heavy atom. The molecule has 1 aliphatic heterocycles. The summed E-state index contributed by atoms with van der Waals surface area (Å²) in [6.07, 6.45) is -1.53. The van der Waals surface area contributed by atoms with Crippen molar-refractivity contribution >= 4 is 12.1 Å². The van der Waals surface area contributed by atoms with Gasteiger partial charge in [-0.2, -0.15) is 0 Å². The van der Waals surface area contributed by atoms with E-state index in [1.165, 1.54) is 0 Å². The van der Waals surface area contributed by atoms with Crippen molar-refractivity contribution in [2.45, 2.75) is 45.4 Å². The molecule has 1 rings (SSSR count). The number of carbonyl (C=O) groups excluding carboxylic acids is 1. The average Bonchev–Trinajstić information content (AvgIpc) is 2.40. The van der Waals surface area contributed by atoms with Gasteiger partial charge in [-0.3, -0.25) is 4.90 Å². The van der Waals surface area contributed by atoms with Gasteiger partial charge < -0.3 is 14.9 Å². The number of nitrogens with zero attached hydrogens (tertiary/aromatic N) is 1. The topological polar surface area (TPSA) is 87.1 Å². The predicted molar refractivity (Wildman–Crippen MR) is 59.5 cm³/mol. The molecule has 98 valence electrons. The Morgan fingerprint density at radius 2 is 1.88 bits per heavy atom. The average molecular weight is 245 g/mol. The van der Waals surface area contributed by atoms with E-state index in [1.54, 1.807) is 27.7 Å².